The number of esters is 1. The molecule has 0 radical (unpaired) electrons. The first kappa shape index (κ1) is 14.9. The SMILES string of the molecule is CN(C)c1cccc[n+]1C.COC(=O)C(=O)[O-]. The number of rotatable bonds is 1. The molecule has 0 aliphatic rings. The summed E-state index contributed by atoms with van der Waals surface area (Å²) >= 11 is 0. The number of aliphatic carboxylic acids is 1. The Hall–Kier alpha value is -2.11. The Balaban J connectivity index is 0.000000325. The Kier molecular flexibility index (Phi) is 6.32. The van der Waals surface area contributed by atoms with Crippen molar-refractivity contribution >= 4 is 17.8 Å². The Labute approximate surface area is 100 Å². The van der Waals surface area contributed by atoms with Gasteiger partial charge in [-0.1, -0.05) is 6.07 Å². The molecule has 1 rings (SSSR count). The Morgan fingerprint density at radius 3 is 2.18 bits per heavy atom. The lowest BCUT2D eigenvalue weighted by atomic mass is 10.4. The molecule has 0 spiro atoms. The summed E-state index contributed by atoms with van der Waals surface area (Å²) in [6, 6.07) is 6.14. The number of anilines is 1. The number of aromatic nitrogens is 1. The van der Waals surface area contributed by atoms with Crippen molar-refractivity contribution in [1.29, 1.82) is 0 Å². The van der Waals surface area contributed by atoms with E-state index < -0.39 is 11.9 Å². The number of pyridine rings is 1. The van der Waals surface area contributed by atoms with Crippen LogP contribution in [0.15, 0.2) is 24.4 Å². The average Bonchev–Trinajstić information content (AvgIpc) is 2.28. The van der Waals surface area contributed by atoms with Crippen LogP contribution < -0.4 is 14.6 Å². The number of methoxy groups -OCH3 is 1. The Bertz CT molecular complexity index is 391. The zero-order valence-electron chi connectivity index (χ0n) is 10.3. The summed E-state index contributed by atoms with van der Waals surface area (Å²) in [7, 11) is 7.08. The lowest BCUT2D eigenvalue weighted by Crippen LogP contribution is -2.34. The summed E-state index contributed by atoms with van der Waals surface area (Å²) < 4.78 is 5.79. The van der Waals surface area contributed by atoms with E-state index in [0.29, 0.717) is 0 Å². The van der Waals surface area contributed by atoms with Crippen LogP contribution in [0.1, 0.15) is 0 Å². The van der Waals surface area contributed by atoms with Crippen molar-refractivity contribution in [2.45, 2.75) is 0 Å². The fourth-order valence-electron chi connectivity index (χ4n) is 1.06. The van der Waals surface area contributed by atoms with E-state index >= 15 is 0 Å². The third-order valence-corrected chi connectivity index (χ3v) is 1.84. The summed E-state index contributed by atoms with van der Waals surface area (Å²) in [6.07, 6.45) is 2.04. The summed E-state index contributed by atoms with van der Waals surface area (Å²) in [5.41, 5.74) is 0. The van der Waals surface area contributed by atoms with Crippen molar-refractivity contribution in [3.63, 3.8) is 0 Å². The number of carboxylic acids is 1. The zero-order valence-corrected chi connectivity index (χ0v) is 10.3. The highest BCUT2D eigenvalue weighted by atomic mass is 16.5. The number of aryl methyl sites for hydroxylation is 1. The fraction of sp³-hybridized carbons (Fsp3) is 0.364. The second-order valence-corrected chi connectivity index (χ2v) is 3.34. The van der Waals surface area contributed by atoms with Gasteiger partial charge >= 0.3 is 5.97 Å². The molecular weight excluding hydrogens is 224 g/mol. The van der Waals surface area contributed by atoms with Crippen molar-refractivity contribution in [2.24, 2.45) is 7.05 Å². The quantitative estimate of drug-likeness (QED) is 0.339. The molecule has 1 aromatic rings. The minimum atomic E-state index is -1.82. The van der Waals surface area contributed by atoms with Crippen molar-refractivity contribution in [1.82, 2.24) is 0 Å². The highest BCUT2D eigenvalue weighted by Gasteiger charge is 2.04. The number of hydrogen-bond donors (Lipinski definition) is 0. The van der Waals surface area contributed by atoms with Gasteiger partial charge in [-0.2, -0.15) is 0 Å². The lowest BCUT2D eigenvalue weighted by molar-refractivity contribution is -0.658. The van der Waals surface area contributed by atoms with Gasteiger partial charge in [0.05, 0.1) is 34.4 Å². The maximum absolute atomic E-state index is 9.63. The molecule has 17 heavy (non-hydrogen) atoms. The van der Waals surface area contributed by atoms with Gasteiger partial charge in [-0.25, -0.2) is 9.36 Å². The second kappa shape index (κ2) is 7.21. The van der Waals surface area contributed by atoms with Crippen LogP contribution in [0, 0.1) is 0 Å². The van der Waals surface area contributed by atoms with Gasteiger partial charge in [0.1, 0.15) is 0 Å². The molecule has 0 amide bonds. The second-order valence-electron chi connectivity index (χ2n) is 3.34. The molecule has 0 fully saturated rings. The molecule has 0 saturated carbocycles. The van der Waals surface area contributed by atoms with Gasteiger partial charge < -0.3 is 14.6 Å². The van der Waals surface area contributed by atoms with E-state index in [4.69, 9.17) is 0 Å². The van der Waals surface area contributed by atoms with E-state index in [-0.39, 0.29) is 0 Å². The van der Waals surface area contributed by atoms with E-state index in [1.54, 1.807) is 0 Å². The molecule has 94 valence electrons. The van der Waals surface area contributed by atoms with Crippen LogP contribution in [0.3, 0.4) is 0 Å². The summed E-state index contributed by atoms with van der Waals surface area (Å²) in [4.78, 5) is 21.1. The maximum Gasteiger partial charge on any atom is 0.353 e. The molecule has 6 nitrogen and oxygen atoms in total. The molecule has 0 N–H and O–H groups in total. The van der Waals surface area contributed by atoms with Gasteiger partial charge in [0.15, 0.2) is 5.97 Å². The van der Waals surface area contributed by atoms with Crippen LogP contribution in [-0.2, 0) is 21.4 Å². The lowest BCUT2D eigenvalue weighted by Gasteiger charge is -2.05. The average molecular weight is 240 g/mol. The first-order chi connectivity index (χ1) is 7.90. The third kappa shape index (κ3) is 5.50. The van der Waals surface area contributed by atoms with Crippen molar-refractivity contribution in [3.8, 4) is 0 Å². The highest BCUT2D eigenvalue weighted by Crippen LogP contribution is 1.99. The molecule has 1 heterocycles. The first-order valence-electron chi connectivity index (χ1n) is 4.81. The summed E-state index contributed by atoms with van der Waals surface area (Å²) in [5.74, 6) is -1.95. The molecule has 0 bridgehead atoms. The van der Waals surface area contributed by atoms with Gasteiger partial charge in [-0.05, 0) is 6.07 Å². The molecule has 0 aromatic carbocycles. The monoisotopic (exact) mass is 240 g/mol. The van der Waals surface area contributed by atoms with Gasteiger partial charge in [-0.3, -0.25) is 4.90 Å². The highest BCUT2D eigenvalue weighted by molar-refractivity contribution is 6.27. The van der Waals surface area contributed by atoms with E-state index in [9.17, 15) is 14.7 Å². The first-order valence-corrected chi connectivity index (χ1v) is 4.81. The predicted octanol–water partition coefficient (Wildman–Crippen LogP) is -1.51. The molecule has 0 unspecified atom stereocenters. The Morgan fingerprint density at radius 2 is 1.94 bits per heavy atom. The minimum absolute atomic E-state index is 0.970. The summed E-state index contributed by atoms with van der Waals surface area (Å²) in [6.45, 7) is 0. The van der Waals surface area contributed by atoms with Crippen LogP contribution in [0.5, 0.6) is 0 Å². The number of carbonyl (C=O) groups excluding carboxylic acids is 2. The Morgan fingerprint density at radius 1 is 1.35 bits per heavy atom. The molecular formula is C11H16N2O4. The van der Waals surface area contributed by atoms with Gasteiger partial charge in [0.2, 0.25) is 0 Å². The summed E-state index contributed by atoms with van der Waals surface area (Å²) in [5, 5.41) is 9.34. The van der Waals surface area contributed by atoms with Crippen molar-refractivity contribution in [3.05, 3.63) is 24.4 Å². The zero-order chi connectivity index (χ0) is 13.4. The number of carbonyl (C=O) groups is 2. The number of nitrogens with zero attached hydrogens (tertiary/aromatic N) is 2. The van der Waals surface area contributed by atoms with Crippen LogP contribution in [-0.4, -0.2) is 33.1 Å². The third-order valence-electron chi connectivity index (χ3n) is 1.84. The molecule has 0 aliphatic heterocycles. The van der Waals surface area contributed by atoms with Crippen LogP contribution >= 0.6 is 0 Å². The fourth-order valence-corrected chi connectivity index (χ4v) is 1.06. The standard InChI is InChI=1S/C8H13N2.C3H4O4/c1-9(2)8-6-4-5-7-10(8)3;1-7-3(6)2(4)5/h4-7H,1-3H3;1H3,(H,4,5)/q+1;/p-1. The number of ether oxygens (including phenoxy) is 1. The largest absolute Gasteiger partial charge is 0.539 e. The van der Waals surface area contributed by atoms with Crippen LogP contribution in [0.2, 0.25) is 0 Å². The van der Waals surface area contributed by atoms with E-state index in [2.05, 4.69) is 20.3 Å². The molecule has 0 atom stereocenters. The van der Waals surface area contributed by atoms with Crippen LogP contribution in [0.25, 0.3) is 0 Å². The van der Waals surface area contributed by atoms with E-state index in [0.717, 1.165) is 7.11 Å². The predicted molar refractivity (Wildman–Crippen MR) is 59.0 cm³/mol. The van der Waals surface area contributed by atoms with Crippen LogP contribution in [0.4, 0.5) is 5.82 Å². The molecule has 1 aromatic heterocycles. The maximum atomic E-state index is 9.63. The number of carboxylic acid groups (broad SMARTS) is 1. The van der Waals surface area contributed by atoms with E-state index in [1.807, 2.05) is 39.5 Å². The topological polar surface area (TPSA) is 73.5 Å². The van der Waals surface area contributed by atoms with Gasteiger partial charge in [0, 0.05) is 6.07 Å². The number of hydrogen-bond acceptors (Lipinski definition) is 5. The normalized spacial score (nSPS) is 8.71. The van der Waals surface area contributed by atoms with E-state index in [1.165, 1.54) is 5.82 Å². The molecule has 0 saturated heterocycles. The van der Waals surface area contributed by atoms with Gasteiger partial charge in [0.25, 0.3) is 5.82 Å². The van der Waals surface area contributed by atoms with Crippen molar-refractivity contribution < 1.29 is 24.0 Å². The van der Waals surface area contributed by atoms with Gasteiger partial charge in [-0.15, -0.1) is 0 Å². The minimum Gasteiger partial charge on any atom is -0.539 e. The smallest absolute Gasteiger partial charge is 0.353 e. The molecule has 0 aliphatic carbocycles. The van der Waals surface area contributed by atoms with Crippen molar-refractivity contribution in [2.75, 3.05) is 26.1 Å². The molecule has 6 heteroatoms.